The van der Waals surface area contributed by atoms with Crippen molar-refractivity contribution < 1.29 is 4.52 Å². The van der Waals surface area contributed by atoms with Gasteiger partial charge in [-0.15, -0.1) is 0 Å². The lowest BCUT2D eigenvalue weighted by atomic mass is 10.1. The van der Waals surface area contributed by atoms with Crippen molar-refractivity contribution in [2.24, 2.45) is 5.73 Å². The number of aromatic nitrogens is 3. The van der Waals surface area contributed by atoms with E-state index in [0.29, 0.717) is 22.4 Å². The van der Waals surface area contributed by atoms with Crippen LogP contribution in [0.5, 0.6) is 0 Å². The van der Waals surface area contributed by atoms with Crippen molar-refractivity contribution in [1.82, 2.24) is 15.1 Å². The Balaban J connectivity index is 2.35. The summed E-state index contributed by atoms with van der Waals surface area (Å²) in [5.41, 5.74) is 5.78. The Bertz CT molecular complexity index is 486. The summed E-state index contributed by atoms with van der Waals surface area (Å²) in [5, 5.41) is 4.37. The number of pyridine rings is 1. The van der Waals surface area contributed by atoms with E-state index in [0.717, 1.165) is 0 Å². The van der Waals surface area contributed by atoms with Gasteiger partial charge in [-0.05, 0) is 26.0 Å². The minimum Gasteiger partial charge on any atom is -0.337 e. The highest BCUT2D eigenvalue weighted by Crippen LogP contribution is 2.19. The Morgan fingerprint density at radius 1 is 1.38 bits per heavy atom. The van der Waals surface area contributed by atoms with E-state index in [1.54, 1.807) is 26.0 Å². The van der Waals surface area contributed by atoms with Gasteiger partial charge in [0.25, 0.3) is 0 Å². The van der Waals surface area contributed by atoms with Crippen molar-refractivity contribution in [2.45, 2.75) is 19.4 Å². The van der Waals surface area contributed by atoms with Gasteiger partial charge in [0.05, 0.1) is 10.6 Å². The molecule has 0 saturated heterocycles. The van der Waals surface area contributed by atoms with Crippen LogP contribution in [0.1, 0.15) is 19.7 Å². The van der Waals surface area contributed by atoms with E-state index in [4.69, 9.17) is 21.9 Å². The number of nitrogens with two attached hydrogens (primary N) is 1. The van der Waals surface area contributed by atoms with Crippen molar-refractivity contribution in [3.63, 3.8) is 0 Å². The number of hydrogen-bond acceptors (Lipinski definition) is 5. The summed E-state index contributed by atoms with van der Waals surface area (Å²) in [6.45, 7) is 3.58. The Morgan fingerprint density at radius 2 is 2.12 bits per heavy atom. The summed E-state index contributed by atoms with van der Waals surface area (Å²) in [6, 6.07) is 3.44. The summed E-state index contributed by atoms with van der Waals surface area (Å²) in [7, 11) is 0. The molecule has 2 rings (SSSR count). The molecular formula is C10H11ClN4O. The quantitative estimate of drug-likeness (QED) is 0.866. The van der Waals surface area contributed by atoms with Crippen molar-refractivity contribution in [3.05, 3.63) is 29.2 Å². The molecule has 0 aliphatic carbocycles. The molecule has 16 heavy (non-hydrogen) atoms. The average molecular weight is 239 g/mol. The molecule has 2 aromatic rings. The highest BCUT2D eigenvalue weighted by Gasteiger charge is 2.22. The van der Waals surface area contributed by atoms with Crippen LogP contribution in [-0.2, 0) is 5.54 Å². The SMILES string of the molecule is CC(C)(N)c1nc(-c2ccc(Cl)cn2)no1. The summed E-state index contributed by atoms with van der Waals surface area (Å²) in [5.74, 6) is 0.782. The molecule has 0 radical (unpaired) electrons. The number of rotatable bonds is 2. The highest BCUT2D eigenvalue weighted by molar-refractivity contribution is 6.30. The summed E-state index contributed by atoms with van der Waals surface area (Å²) in [4.78, 5) is 8.26. The molecule has 0 unspecified atom stereocenters. The van der Waals surface area contributed by atoms with Gasteiger partial charge in [-0.2, -0.15) is 4.98 Å². The molecule has 2 N–H and O–H groups in total. The Kier molecular flexibility index (Phi) is 2.65. The molecule has 2 aromatic heterocycles. The predicted molar refractivity (Wildman–Crippen MR) is 59.8 cm³/mol. The van der Waals surface area contributed by atoms with E-state index in [1.807, 2.05) is 0 Å². The summed E-state index contributed by atoms with van der Waals surface area (Å²) in [6.07, 6.45) is 1.53. The van der Waals surface area contributed by atoms with Gasteiger partial charge in [-0.25, -0.2) is 0 Å². The van der Waals surface area contributed by atoms with Gasteiger partial charge >= 0.3 is 0 Å². The van der Waals surface area contributed by atoms with E-state index in [9.17, 15) is 0 Å². The normalized spacial score (nSPS) is 11.8. The van der Waals surface area contributed by atoms with E-state index < -0.39 is 5.54 Å². The maximum absolute atomic E-state index is 5.83. The second kappa shape index (κ2) is 3.84. The summed E-state index contributed by atoms with van der Waals surface area (Å²) < 4.78 is 5.05. The van der Waals surface area contributed by atoms with Crippen LogP contribution in [0.15, 0.2) is 22.9 Å². The Labute approximate surface area is 97.6 Å². The van der Waals surface area contributed by atoms with Gasteiger partial charge in [-0.3, -0.25) is 4.98 Å². The first-order chi connectivity index (χ1) is 7.47. The third-order valence-electron chi connectivity index (χ3n) is 1.93. The largest absolute Gasteiger partial charge is 0.337 e. The van der Waals surface area contributed by atoms with Crippen molar-refractivity contribution in [1.29, 1.82) is 0 Å². The maximum Gasteiger partial charge on any atom is 0.246 e. The van der Waals surface area contributed by atoms with Gasteiger partial charge in [0, 0.05) is 6.20 Å². The van der Waals surface area contributed by atoms with Crippen LogP contribution >= 0.6 is 11.6 Å². The van der Waals surface area contributed by atoms with E-state index in [-0.39, 0.29) is 0 Å². The molecule has 0 atom stereocenters. The Morgan fingerprint density at radius 3 is 2.62 bits per heavy atom. The third-order valence-corrected chi connectivity index (χ3v) is 2.16. The predicted octanol–water partition coefficient (Wildman–Crippen LogP) is 1.98. The minimum atomic E-state index is -0.655. The van der Waals surface area contributed by atoms with E-state index >= 15 is 0 Å². The topological polar surface area (TPSA) is 77.8 Å². The second-order valence-corrected chi connectivity index (χ2v) is 4.44. The fourth-order valence-electron chi connectivity index (χ4n) is 1.10. The molecule has 0 amide bonds. The zero-order valence-corrected chi connectivity index (χ0v) is 9.69. The fourth-order valence-corrected chi connectivity index (χ4v) is 1.21. The molecule has 5 nitrogen and oxygen atoms in total. The lowest BCUT2D eigenvalue weighted by molar-refractivity contribution is 0.312. The van der Waals surface area contributed by atoms with E-state index in [1.165, 1.54) is 6.20 Å². The minimum absolute atomic E-state index is 0.374. The molecule has 0 aromatic carbocycles. The zero-order valence-electron chi connectivity index (χ0n) is 8.94. The monoisotopic (exact) mass is 238 g/mol. The van der Waals surface area contributed by atoms with Crippen LogP contribution in [0.2, 0.25) is 5.02 Å². The van der Waals surface area contributed by atoms with Gasteiger partial charge in [-0.1, -0.05) is 16.8 Å². The van der Waals surface area contributed by atoms with Gasteiger partial charge < -0.3 is 10.3 Å². The lowest BCUT2D eigenvalue weighted by Gasteiger charge is -2.10. The van der Waals surface area contributed by atoms with Gasteiger partial charge in [0.1, 0.15) is 5.69 Å². The van der Waals surface area contributed by atoms with Crippen LogP contribution in [0.25, 0.3) is 11.5 Å². The summed E-state index contributed by atoms with van der Waals surface area (Å²) >= 11 is 5.73. The molecule has 2 heterocycles. The average Bonchev–Trinajstić information content (AvgIpc) is 2.67. The first kappa shape index (κ1) is 11.0. The molecule has 0 fully saturated rings. The van der Waals surface area contributed by atoms with Crippen molar-refractivity contribution >= 4 is 11.6 Å². The molecule has 0 bridgehead atoms. The number of nitrogens with zero attached hydrogens (tertiary/aromatic N) is 3. The van der Waals surface area contributed by atoms with Crippen LogP contribution in [0.4, 0.5) is 0 Å². The van der Waals surface area contributed by atoms with Crippen LogP contribution in [0, 0.1) is 0 Å². The fraction of sp³-hybridized carbons (Fsp3) is 0.300. The molecule has 6 heteroatoms. The molecule has 0 saturated carbocycles. The highest BCUT2D eigenvalue weighted by atomic mass is 35.5. The van der Waals surface area contributed by atoms with Crippen LogP contribution in [-0.4, -0.2) is 15.1 Å². The standard InChI is InChI=1S/C10H11ClN4O/c1-10(2,12)9-14-8(15-16-9)7-4-3-6(11)5-13-7/h3-5H,12H2,1-2H3. The van der Waals surface area contributed by atoms with Crippen molar-refractivity contribution in [2.75, 3.05) is 0 Å². The molecule has 0 aliphatic heterocycles. The van der Waals surface area contributed by atoms with Crippen molar-refractivity contribution in [3.8, 4) is 11.5 Å². The maximum atomic E-state index is 5.83. The first-order valence-corrected chi connectivity index (χ1v) is 5.09. The smallest absolute Gasteiger partial charge is 0.246 e. The first-order valence-electron chi connectivity index (χ1n) is 4.72. The van der Waals surface area contributed by atoms with E-state index in [2.05, 4.69) is 15.1 Å². The lowest BCUT2D eigenvalue weighted by Crippen LogP contribution is -2.28. The van der Waals surface area contributed by atoms with Gasteiger partial charge in [0.2, 0.25) is 11.7 Å². The molecule has 0 aliphatic rings. The van der Waals surface area contributed by atoms with Crippen LogP contribution < -0.4 is 5.73 Å². The molecular weight excluding hydrogens is 228 g/mol. The number of hydrogen-bond donors (Lipinski definition) is 1. The molecule has 84 valence electrons. The number of halogens is 1. The zero-order chi connectivity index (χ0) is 11.8. The second-order valence-electron chi connectivity index (χ2n) is 4.01. The third kappa shape index (κ3) is 2.20. The molecule has 0 spiro atoms. The van der Waals surface area contributed by atoms with Crippen LogP contribution in [0.3, 0.4) is 0 Å². The van der Waals surface area contributed by atoms with Gasteiger partial charge in [0.15, 0.2) is 0 Å². The Hall–Kier alpha value is -1.46.